The first kappa shape index (κ1) is 23.0. The lowest BCUT2D eigenvalue weighted by molar-refractivity contribution is -0.133. The second-order valence-corrected chi connectivity index (χ2v) is 9.94. The molecule has 0 radical (unpaired) electrons. The van der Waals surface area contributed by atoms with E-state index in [-0.39, 0.29) is 17.9 Å². The molecule has 2 fully saturated rings. The first-order valence-corrected chi connectivity index (χ1v) is 12.5. The maximum absolute atomic E-state index is 13.4. The Morgan fingerprint density at radius 3 is 2.62 bits per heavy atom. The van der Waals surface area contributed by atoms with E-state index in [1.807, 2.05) is 37.1 Å². The van der Waals surface area contributed by atoms with Crippen LogP contribution in [-0.2, 0) is 20.9 Å². The van der Waals surface area contributed by atoms with Crippen LogP contribution in [0.4, 0.5) is 5.82 Å². The number of hydrogen-bond acceptors (Lipinski definition) is 4. The molecule has 1 aliphatic heterocycles. The number of ether oxygens (including phenoxy) is 1. The number of aromatic nitrogens is 2. The zero-order chi connectivity index (χ0) is 22.5. The van der Waals surface area contributed by atoms with Crippen molar-refractivity contribution in [2.45, 2.75) is 90.3 Å². The Labute approximate surface area is 191 Å². The molecule has 4 rings (SSSR count). The van der Waals surface area contributed by atoms with Crippen molar-refractivity contribution in [1.82, 2.24) is 14.7 Å². The van der Waals surface area contributed by atoms with Gasteiger partial charge in [-0.25, -0.2) is 0 Å². The molecule has 176 valence electrons. The highest BCUT2D eigenvalue weighted by molar-refractivity contribution is 6.00. The molecular weight excluding hydrogens is 404 g/mol. The van der Waals surface area contributed by atoms with Gasteiger partial charge in [-0.3, -0.25) is 14.3 Å². The monoisotopic (exact) mass is 442 g/mol. The smallest absolute Gasteiger partial charge is 0.248 e. The highest BCUT2D eigenvalue weighted by Gasteiger charge is 2.37. The van der Waals surface area contributed by atoms with Gasteiger partial charge in [0, 0.05) is 24.9 Å². The number of amides is 2. The van der Waals surface area contributed by atoms with Crippen LogP contribution in [0.25, 0.3) is 0 Å². The SMILES string of the molecule is CC(C)OCCn1ccc(NC(=O)C(CC2CCCC2)N2CC(C3CCCC3)=CC2=O)n1. The fourth-order valence-electron chi connectivity index (χ4n) is 5.45. The molecule has 0 aromatic carbocycles. The van der Waals surface area contributed by atoms with Crippen molar-refractivity contribution in [1.29, 1.82) is 0 Å². The van der Waals surface area contributed by atoms with Gasteiger partial charge in [-0.2, -0.15) is 5.10 Å². The summed E-state index contributed by atoms with van der Waals surface area (Å²) in [4.78, 5) is 28.1. The highest BCUT2D eigenvalue weighted by atomic mass is 16.5. The van der Waals surface area contributed by atoms with E-state index in [1.54, 1.807) is 4.68 Å². The Kier molecular flexibility index (Phi) is 7.66. The number of rotatable bonds is 10. The van der Waals surface area contributed by atoms with E-state index < -0.39 is 6.04 Å². The van der Waals surface area contributed by atoms with E-state index in [2.05, 4.69) is 10.4 Å². The zero-order valence-corrected chi connectivity index (χ0v) is 19.6. The third-order valence-electron chi connectivity index (χ3n) is 7.20. The van der Waals surface area contributed by atoms with Gasteiger partial charge in [0.15, 0.2) is 5.82 Å². The molecule has 2 heterocycles. The summed E-state index contributed by atoms with van der Waals surface area (Å²) in [6.45, 7) is 5.83. The minimum absolute atomic E-state index is 0.00131. The predicted molar refractivity (Wildman–Crippen MR) is 124 cm³/mol. The lowest BCUT2D eigenvalue weighted by Crippen LogP contribution is -2.46. The van der Waals surface area contributed by atoms with Gasteiger partial charge >= 0.3 is 0 Å². The fourth-order valence-corrected chi connectivity index (χ4v) is 5.45. The number of nitrogens with one attached hydrogen (secondary N) is 1. The van der Waals surface area contributed by atoms with Crippen LogP contribution >= 0.6 is 0 Å². The van der Waals surface area contributed by atoms with Crippen molar-refractivity contribution in [2.75, 3.05) is 18.5 Å². The molecule has 7 heteroatoms. The number of nitrogens with zero attached hydrogens (tertiary/aromatic N) is 3. The van der Waals surface area contributed by atoms with Crippen molar-refractivity contribution in [2.24, 2.45) is 11.8 Å². The summed E-state index contributed by atoms with van der Waals surface area (Å²) in [5, 5.41) is 7.46. The third-order valence-corrected chi connectivity index (χ3v) is 7.20. The minimum Gasteiger partial charge on any atom is -0.377 e. The van der Waals surface area contributed by atoms with E-state index >= 15 is 0 Å². The topological polar surface area (TPSA) is 76.5 Å². The first-order chi connectivity index (χ1) is 15.5. The third kappa shape index (κ3) is 5.80. The molecule has 1 N–H and O–H groups in total. The summed E-state index contributed by atoms with van der Waals surface area (Å²) in [6.07, 6.45) is 14.2. The predicted octanol–water partition coefficient (Wildman–Crippen LogP) is 4.15. The Morgan fingerprint density at radius 2 is 1.91 bits per heavy atom. The number of hydrogen-bond donors (Lipinski definition) is 1. The second kappa shape index (κ2) is 10.6. The van der Waals surface area contributed by atoms with Crippen LogP contribution in [0.5, 0.6) is 0 Å². The number of anilines is 1. The quantitative estimate of drug-likeness (QED) is 0.590. The molecule has 3 aliphatic rings. The van der Waals surface area contributed by atoms with Crippen LogP contribution in [0.15, 0.2) is 23.9 Å². The Bertz CT molecular complexity index is 819. The summed E-state index contributed by atoms with van der Waals surface area (Å²) in [6, 6.07) is 1.38. The van der Waals surface area contributed by atoms with E-state index in [0.717, 1.165) is 19.3 Å². The molecule has 0 spiro atoms. The van der Waals surface area contributed by atoms with Crippen LogP contribution in [-0.4, -0.2) is 51.8 Å². The lowest BCUT2D eigenvalue weighted by atomic mass is 9.95. The van der Waals surface area contributed by atoms with Crippen molar-refractivity contribution in [3.8, 4) is 0 Å². The Morgan fingerprint density at radius 1 is 1.19 bits per heavy atom. The summed E-state index contributed by atoms with van der Waals surface area (Å²) in [7, 11) is 0. The van der Waals surface area contributed by atoms with Gasteiger partial charge in [-0.15, -0.1) is 0 Å². The van der Waals surface area contributed by atoms with Crippen molar-refractivity contribution in [3.63, 3.8) is 0 Å². The zero-order valence-electron chi connectivity index (χ0n) is 19.6. The molecule has 32 heavy (non-hydrogen) atoms. The normalized spacial score (nSPS) is 21.0. The van der Waals surface area contributed by atoms with Crippen molar-refractivity contribution in [3.05, 3.63) is 23.9 Å². The first-order valence-electron chi connectivity index (χ1n) is 12.5. The van der Waals surface area contributed by atoms with Gasteiger partial charge in [0.05, 0.1) is 19.3 Å². The van der Waals surface area contributed by atoms with Gasteiger partial charge in [0.25, 0.3) is 0 Å². The summed E-state index contributed by atoms with van der Waals surface area (Å²) in [5.41, 5.74) is 1.23. The van der Waals surface area contributed by atoms with Gasteiger partial charge in [0.1, 0.15) is 6.04 Å². The molecular formula is C25H38N4O3. The molecule has 7 nitrogen and oxygen atoms in total. The van der Waals surface area contributed by atoms with Crippen LogP contribution in [0.1, 0.15) is 71.6 Å². The standard InChI is InChI=1S/C25H38N4O3/c1-18(2)32-14-13-28-12-11-23(27-28)26-25(31)22(15-19-7-3-4-8-19)29-17-21(16-24(29)30)20-9-5-6-10-20/h11-12,16,18-20,22H,3-10,13-15,17H2,1-2H3,(H,26,27,31). The maximum atomic E-state index is 13.4. The minimum atomic E-state index is -0.435. The molecule has 2 amide bonds. The molecule has 1 aromatic heterocycles. The molecule has 1 aromatic rings. The van der Waals surface area contributed by atoms with E-state index in [9.17, 15) is 9.59 Å². The largest absolute Gasteiger partial charge is 0.377 e. The van der Waals surface area contributed by atoms with E-state index in [1.165, 1.54) is 44.1 Å². The fraction of sp³-hybridized carbons (Fsp3) is 0.720. The Hall–Kier alpha value is -2.15. The van der Waals surface area contributed by atoms with Gasteiger partial charge in [-0.05, 0) is 50.5 Å². The average Bonchev–Trinajstić information content (AvgIpc) is 3.54. The molecule has 0 saturated heterocycles. The summed E-state index contributed by atoms with van der Waals surface area (Å²) in [5.74, 6) is 1.45. The molecule has 2 aliphatic carbocycles. The lowest BCUT2D eigenvalue weighted by Gasteiger charge is -2.29. The van der Waals surface area contributed by atoms with Crippen LogP contribution in [0, 0.1) is 11.8 Å². The average molecular weight is 443 g/mol. The summed E-state index contributed by atoms with van der Waals surface area (Å²) >= 11 is 0. The highest BCUT2D eigenvalue weighted by Crippen LogP contribution is 2.36. The van der Waals surface area contributed by atoms with Crippen molar-refractivity contribution >= 4 is 17.6 Å². The molecule has 2 saturated carbocycles. The molecule has 1 atom stereocenters. The van der Waals surface area contributed by atoms with E-state index in [4.69, 9.17) is 4.74 Å². The molecule has 1 unspecified atom stereocenters. The second-order valence-electron chi connectivity index (χ2n) is 9.94. The van der Waals surface area contributed by atoms with Crippen LogP contribution in [0.2, 0.25) is 0 Å². The number of carbonyl (C=O) groups excluding carboxylic acids is 2. The molecule has 0 bridgehead atoms. The van der Waals surface area contributed by atoms with Crippen molar-refractivity contribution < 1.29 is 14.3 Å². The van der Waals surface area contributed by atoms with Gasteiger partial charge < -0.3 is 15.0 Å². The van der Waals surface area contributed by atoms with Crippen LogP contribution in [0.3, 0.4) is 0 Å². The summed E-state index contributed by atoms with van der Waals surface area (Å²) < 4.78 is 7.36. The van der Waals surface area contributed by atoms with E-state index in [0.29, 0.717) is 37.4 Å². The number of carbonyl (C=O) groups is 2. The maximum Gasteiger partial charge on any atom is 0.248 e. The van der Waals surface area contributed by atoms with Gasteiger partial charge in [-0.1, -0.05) is 38.5 Å². The Balaban J connectivity index is 1.40. The van der Waals surface area contributed by atoms with Gasteiger partial charge in [0.2, 0.25) is 11.8 Å². The van der Waals surface area contributed by atoms with Crippen LogP contribution < -0.4 is 5.32 Å².